The van der Waals surface area contributed by atoms with Gasteiger partial charge < -0.3 is 24.4 Å². The number of piperidine rings is 1. The van der Waals surface area contributed by atoms with Gasteiger partial charge in [-0.1, -0.05) is 30.3 Å². The summed E-state index contributed by atoms with van der Waals surface area (Å²) in [6.45, 7) is 3.22. The van der Waals surface area contributed by atoms with Crippen molar-refractivity contribution in [2.45, 2.75) is 50.9 Å². The van der Waals surface area contributed by atoms with Crippen LogP contribution in [-0.4, -0.2) is 55.6 Å². The first-order valence-corrected chi connectivity index (χ1v) is 14.6. The molecule has 0 spiro atoms. The molecule has 5 rings (SSSR count). The normalized spacial score (nSPS) is 22.4. The lowest BCUT2D eigenvalue weighted by molar-refractivity contribution is -0.169. The number of carboxylic acid groups (broad SMARTS) is 1. The predicted octanol–water partition coefficient (Wildman–Crippen LogP) is 6.97. The van der Waals surface area contributed by atoms with Gasteiger partial charge in [0.05, 0.1) is 24.6 Å². The van der Waals surface area contributed by atoms with E-state index >= 15 is 0 Å². The molecule has 4 atom stereocenters. The van der Waals surface area contributed by atoms with Gasteiger partial charge in [0.2, 0.25) is 0 Å². The third kappa shape index (κ3) is 7.53. The molecule has 2 aliphatic rings. The molecule has 3 aromatic carbocycles. The Balaban J connectivity index is 1.32. The van der Waals surface area contributed by atoms with Crippen molar-refractivity contribution < 1.29 is 36.9 Å². The second-order valence-electron chi connectivity index (χ2n) is 11.3. The number of halogens is 4. The smallest absolute Gasteiger partial charge is 0.393 e. The molecular weight excluding hydrogens is 564 g/mol. The number of hydrogen-bond acceptors (Lipinski definition) is 5. The number of nitrogens with zero attached hydrogens (tertiary/aromatic N) is 2. The Morgan fingerprint density at radius 1 is 1.00 bits per heavy atom. The van der Waals surface area contributed by atoms with Gasteiger partial charge in [-0.3, -0.25) is 4.79 Å². The Labute approximate surface area is 248 Å². The molecule has 2 unspecified atom stereocenters. The number of rotatable bonds is 10. The van der Waals surface area contributed by atoms with Gasteiger partial charge in [0, 0.05) is 49.8 Å². The summed E-state index contributed by atoms with van der Waals surface area (Å²) in [7, 11) is 0. The zero-order chi connectivity index (χ0) is 30.6. The van der Waals surface area contributed by atoms with Crippen LogP contribution in [0.4, 0.5) is 28.9 Å². The second kappa shape index (κ2) is 13.1. The van der Waals surface area contributed by atoms with Gasteiger partial charge in [-0.25, -0.2) is 4.39 Å². The molecule has 230 valence electrons. The van der Waals surface area contributed by atoms with Crippen LogP contribution in [0.1, 0.15) is 31.7 Å². The van der Waals surface area contributed by atoms with E-state index < -0.39 is 24.1 Å². The maximum atomic E-state index is 14.9. The highest BCUT2D eigenvalue weighted by Gasteiger charge is 2.48. The molecule has 0 amide bonds. The van der Waals surface area contributed by atoms with Gasteiger partial charge in [-0.05, 0) is 61.7 Å². The Hall–Kier alpha value is -3.95. The van der Waals surface area contributed by atoms with Gasteiger partial charge in [-0.2, -0.15) is 13.2 Å². The van der Waals surface area contributed by atoms with Crippen LogP contribution in [0.2, 0.25) is 0 Å². The molecule has 0 bridgehead atoms. The molecule has 2 heterocycles. The van der Waals surface area contributed by atoms with Gasteiger partial charge in [-0.15, -0.1) is 0 Å². The number of alkyl halides is 3. The maximum absolute atomic E-state index is 14.9. The lowest BCUT2D eigenvalue weighted by Gasteiger charge is -2.40. The lowest BCUT2D eigenvalue weighted by atomic mass is 9.88. The van der Waals surface area contributed by atoms with Crippen LogP contribution in [0, 0.1) is 17.7 Å². The first-order chi connectivity index (χ1) is 20.6. The molecule has 3 aromatic rings. The standard InChI is InChI=1S/C33H36F4N2O4/c1-2-42-28-12-13-29(34)30(19-28)38-15-14-31(23(20-38)16-22-6-4-3-5-7-22)43-27-10-8-25(9-11-27)39-21-24(33(35,36)37)17-26(39)18-32(40)41/h3-13,19,23-24,26,31H,2,14-18,20-21H2,1H3,(H,40,41)/t23?,24-,26-,31?/m1/s1. The maximum Gasteiger partial charge on any atom is 0.393 e. The number of hydrogen-bond donors (Lipinski definition) is 1. The molecule has 2 saturated heterocycles. The molecule has 1 N–H and O–H groups in total. The molecular formula is C33H36F4N2O4. The number of carbonyl (C=O) groups is 1. The molecule has 2 fully saturated rings. The summed E-state index contributed by atoms with van der Waals surface area (Å²) in [5, 5.41) is 9.27. The van der Waals surface area contributed by atoms with E-state index in [2.05, 4.69) is 12.1 Å². The average Bonchev–Trinajstić information content (AvgIpc) is 3.40. The van der Waals surface area contributed by atoms with E-state index in [1.165, 1.54) is 11.0 Å². The number of aliphatic carboxylic acids is 1. The summed E-state index contributed by atoms with van der Waals surface area (Å²) in [5.41, 5.74) is 2.16. The summed E-state index contributed by atoms with van der Waals surface area (Å²) < 4.78 is 67.4. The predicted molar refractivity (Wildman–Crippen MR) is 156 cm³/mol. The summed E-state index contributed by atoms with van der Waals surface area (Å²) in [5.74, 6) is -1.80. The molecule has 6 nitrogen and oxygen atoms in total. The Morgan fingerprint density at radius 2 is 1.72 bits per heavy atom. The van der Waals surface area contributed by atoms with Crippen molar-refractivity contribution in [3.63, 3.8) is 0 Å². The molecule has 2 aliphatic heterocycles. The SMILES string of the molecule is CCOc1ccc(F)c(N2CCC(Oc3ccc(N4C[C@H](C(F)(F)F)C[C@@H]4CC(=O)O)cc3)C(Cc3ccccc3)C2)c1. The Bertz CT molecular complexity index is 1370. The molecule has 0 radical (unpaired) electrons. The van der Waals surface area contributed by atoms with E-state index in [9.17, 15) is 27.5 Å². The van der Waals surface area contributed by atoms with Crippen LogP contribution in [0.25, 0.3) is 0 Å². The van der Waals surface area contributed by atoms with Gasteiger partial charge in [0.1, 0.15) is 23.4 Å². The van der Waals surface area contributed by atoms with E-state index in [-0.39, 0.29) is 37.2 Å². The molecule has 0 aromatic heterocycles. The highest BCUT2D eigenvalue weighted by atomic mass is 19.4. The van der Waals surface area contributed by atoms with E-state index in [1.54, 1.807) is 36.4 Å². The highest BCUT2D eigenvalue weighted by molar-refractivity contribution is 5.69. The lowest BCUT2D eigenvalue weighted by Crippen LogP contribution is -2.46. The Kier molecular flexibility index (Phi) is 9.32. The van der Waals surface area contributed by atoms with Crippen molar-refractivity contribution >= 4 is 17.3 Å². The van der Waals surface area contributed by atoms with Crippen molar-refractivity contribution in [1.29, 1.82) is 0 Å². The van der Waals surface area contributed by atoms with Crippen LogP contribution >= 0.6 is 0 Å². The number of anilines is 2. The van der Waals surface area contributed by atoms with Gasteiger partial charge in [0.15, 0.2) is 0 Å². The topological polar surface area (TPSA) is 62.2 Å². The first kappa shape index (κ1) is 30.5. The Morgan fingerprint density at radius 3 is 2.40 bits per heavy atom. The van der Waals surface area contributed by atoms with Crippen LogP contribution in [0.3, 0.4) is 0 Å². The van der Waals surface area contributed by atoms with Gasteiger partial charge in [0.25, 0.3) is 0 Å². The van der Waals surface area contributed by atoms with E-state index in [4.69, 9.17) is 9.47 Å². The summed E-state index contributed by atoms with van der Waals surface area (Å²) in [6.07, 6.45) is -3.82. The van der Waals surface area contributed by atoms with E-state index in [0.717, 1.165) is 12.0 Å². The fourth-order valence-electron chi connectivity index (χ4n) is 6.24. The average molecular weight is 601 g/mol. The summed E-state index contributed by atoms with van der Waals surface area (Å²) >= 11 is 0. The first-order valence-electron chi connectivity index (χ1n) is 14.6. The number of ether oxygens (including phenoxy) is 2. The van der Waals surface area contributed by atoms with Crippen LogP contribution in [-0.2, 0) is 11.2 Å². The third-order valence-electron chi connectivity index (χ3n) is 8.32. The summed E-state index contributed by atoms with van der Waals surface area (Å²) in [4.78, 5) is 14.9. The number of benzene rings is 3. The van der Waals surface area contributed by atoms with E-state index in [1.807, 2.05) is 30.0 Å². The van der Waals surface area contributed by atoms with Crippen molar-refractivity contribution in [2.24, 2.45) is 11.8 Å². The minimum absolute atomic E-state index is 0.0250. The van der Waals surface area contributed by atoms with Crippen molar-refractivity contribution in [3.05, 3.63) is 84.2 Å². The fourth-order valence-corrected chi connectivity index (χ4v) is 6.24. The second-order valence-corrected chi connectivity index (χ2v) is 11.3. The zero-order valence-corrected chi connectivity index (χ0v) is 24.0. The highest BCUT2D eigenvalue weighted by Crippen LogP contribution is 2.40. The van der Waals surface area contributed by atoms with Crippen molar-refractivity contribution in [1.82, 2.24) is 0 Å². The largest absolute Gasteiger partial charge is 0.494 e. The quantitative estimate of drug-likeness (QED) is 0.254. The minimum Gasteiger partial charge on any atom is -0.494 e. The van der Waals surface area contributed by atoms with Crippen LogP contribution < -0.4 is 19.3 Å². The van der Waals surface area contributed by atoms with Crippen LogP contribution in [0.5, 0.6) is 11.5 Å². The number of carboxylic acids is 1. The minimum atomic E-state index is -4.38. The zero-order valence-electron chi connectivity index (χ0n) is 24.0. The molecule has 0 aliphatic carbocycles. The molecule has 0 saturated carbocycles. The fraction of sp³-hybridized carbons (Fsp3) is 0.424. The van der Waals surface area contributed by atoms with Crippen molar-refractivity contribution in [2.75, 3.05) is 36.0 Å². The van der Waals surface area contributed by atoms with Crippen molar-refractivity contribution in [3.8, 4) is 11.5 Å². The van der Waals surface area contributed by atoms with E-state index in [0.29, 0.717) is 49.0 Å². The van der Waals surface area contributed by atoms with Gasteiger partial charge >= 0.3 is 12.1 Å². The third-order valence-corrected chi connectivity index (χ3v) is 8.32. The summed E-state index contributed by atoms with van der Waals surface area (Å²) in [6, 6.07) is 20.9. The molecule has 43 heavy (non-hydrogen) atoms. The molecule has 10 heteroatoms. The van der Waals surface area contributed by atoms with Crippen LogP contribution in [0.15, 0.2) is 72.8 Å². The monoisotopic (exact) mass is 600 g/mol.